The van der Waals surface area contributed by atoms with Crippen molar-refractivity contribution in [2.75, 3.05) is 0 Å². The molecule has 1 atom stereocenters. The largest absolute Gasteiger partial charge is 0.480 e. The van der Waals surface area contributed by atoms with Crippen LogP contribution in [0.3, 0.4) is 0 Å². The van der Waals surface area contributed by atoms with Crippen LogP contribution in [0.1, 0.15) is 46.5 Å². The third-order valence-electron chi connectivity index (χ3n) is 2.76. The molecular weight excluding hydrogens is 272 g/mol. The molecule has 0 aliphatic rings. The molecule has 21 heavy (non-hydrogen) atoms. The van der Waals surface area contributed by atoms with Gasteiger partial charge < -0.3 is 16.2 Å². The molecule has 0 radical (unpaired) electrons. The minimum absolute atomic E-state index is 0.0128. The van der Waals surface area contributed by atoms with Crippen LogP contribution in [-0.2, 0) is 14.4 Å². The van der Waals surface area contributed by atoms with Gasteiger partial charge in [0.1, 0.15) is 6.04 Å². The summed E-state index contributed by atoms with van der Waals surface area (Å²) in [6.45, 7) is 5.82. The predicted molar refractivity (Wildman–Crippen MR) is 80.4 cm³/mol. The topological polar surface area (TPSA) is 109 Å². The van der Waals surface area contributed by atoms with Gasteiger partial charge in [-0.2, -0.15) is 0 Å². The summed E-state index contributed by atoms with van der Waals surface area (Å²) in [7, 11) is 0. The lowest BCUT2D eigenvalue weighted by Crippen LogP contribution is -2.40. The molecule has 0 saturated carbocycles. The zero-order chi connectivity index (χ0) is 16.4. The third-order valence-corrected chi connectivity index (χ3v) is 2.76. The lowest BCUT2D eigenvalue weighted by molar-refractivity contribution is -0.141. The van der Waals surface area contributed by atoms with Crippen molar-refractivity contribution in [3.8, 4) is 0 Å². The van der Waals surface area contributed by atoms with Crippen LogP contribution in [0.5, 0.6) is 0 Å². The van der Waals surface area contributed by atoms with Gasteiger partial charge in [-0.25, -0.2) is 4.79 Å². The molecule has 0 bridgehead atoms. The number of hydrogen-bond acceptors (Lipinski definition) is 3. The Morgan fingerprint density at radius 1 is 1.19 bits per heavy atom. The highest BCUT2D eigenvalue weighted by molar-refractivity contribution is 5.91. The van der Waals surface area contributed by atoms with E-state index >= 15 is 0 Å². The van der Waals surface area contributed by atoms with E-state index in [0.29, 0.717) is 0 Å². The van der Waals surface area contributed by atoms with Crippen molar-refractivity contribution in [2.24, 2.45) is 5.73 Å². The number of hydrogen-bond donors (Lipinski definition) is 3. The number of amides is 2. The molecule has 118 valence electrons. The maximum atomic E-state index is 11.7. The number of carbonyl (C=O) groups excluding carboxylic acids is 2. The van der Waals surface area contributed by atoms with Crippen molar-refractivity contribution in [3.63, 3.8) is 0 Å². The Kier molecular flexibility index (Phi) is 8.76. The zero-order valence-corrected chi connectivity index (χ0v) is 12.8. The van der Waals surface area contributed by atoms with Gasteiger partial charge in [-0.15, -0.1) is 0 Å². The molecule has 0 spiro atoms. The molecular formula is C15H24N2O4. The molecule has 0 aliphatic heterocycles. The first-order valence-corrected chi connectivity index (χ1v) is 6.84. The van der Waals surface area contributed by atoms with Crippen LogP contribution >= 0.6 is 0 Å². The highest BCUT2D eigenvalue weighted by atomic mass is 16.4. The van der Waals surface area contributed by atoms with Crippen molar-refractivity contribution >= 4 is 17.8 Å². The molecule has 0 saturated heterocycles. The summed E-state index contributed by atoms with van der Waals surface area (Å²) in [4.78, 5) is 33.4. The maximum absolute atomic E-state index is 11.7. The van der Waals surface area contributed by atoms with Gasteiger partial charge in [0, 0.05) is 12.5 Å². The number of carboxylic acid groups (broad SMARTS) is 1. The standard InChI is InChI=1S/C15H24N2O4/c1-10(2)5-4-6-11(3)9-14(19)17-12(15(20)21)7-8-13(16)18/h5,9,12H,4,6-8H2,1-3H3,(H2,16,18)(H,17,19)(H,20,21)/t12-/m0/s1. The second-order valence-electron chi connectivity index (χ2n) is 5.22. The predicted octanol–water partition coefficient (Wildman–Crippen LogP) is 1.51. The average molecular weight is 296 g/mol. The van der Waals surface area contributed by atoms with Crippen molar-refractivity contribution in [2.45, 2.75) is 52.5 Å². The Morgan fingerprint density at radius 3 is 2.29 bits per heavy atom. The zero-order valence-electron chi connectivity index (χ0n) is 12.8. The molecule has 2 amide bonds. The molecule has 0 aromatic carbocycles. The summed E-state index contributed by atoms with van der Waals surface area (Å²) in [5.41, 5.74) is 7.05. The Hall–Kier alpha value is -2.11. The second-order valence-corrected chi connectivity index (χ2v) is 5.22. The van der Waals surface area contributed by atoms with Crippen LogP contribution in [0.15, 0.2) is 23.3 Å². The smallest absolute Gasteiger partial charge is 0.326 e. The quantitative estimate of drug-likeness (QED) is 0.442. The molecule has 0 aromatic rings. The van der Waals surface area contributed by atoms with Crippen molar-refractivity contribution in [1.82, 2.24) is 5.32 Å². The monoisotopic (exact) mass is 296 g/mol. The number of carbonyl (C=O) groups is 3. The van der Waals surface area contributed by atoms with Gasteiger partial charge >= 0.3 is 5.97 Å². The molecule has 0 fully saturated rings. The van der Waals surface area contributed by atoms with E-state index in [4.69, 9.17) is 10.8 Å². The van der Waals surface area contributed by atoms with Gasteiger partial charge in [-0.05, 0) is 40.0 Å². The highest BCUT2D eigenvalue weighted by Crippen LogP contribution is 2.06. The minimum Gasteiger partial charge on any atom is -0.480 e. The van der Waals surface area contributed by atoms with Gasteiger partial charge in [-0.3, -0.25) is 9.59 Å². The fraction of sp³-hybridized carbons (Fsp3) is 0.533. The Morgan fingerprint density at radius 2 is 1.81 bits per heavy atom. The number of allylic oxidation sites excluding steroid dienone is 3. The van der Waals surface area contributed by atoms with Crippen molar-refractivity contribution < 1.29 is 19.5 Å². The molecule has 6 nitrogen and oxygen atoms in total. The van der Waals surface area contributed by atoms with Crippen LogP contribution in [0.4, 0.5) is 0 Å². The number of primary amides is 1. The SMILES string of the molecule is CC(C)=CCCC(C)=CC(=O)N[C@@H](CCC(N)=O)C(=O)O. The number of nitrogens with one attached hydrogen (secondary N) is 1. The fourth-order valence-corrected chi connectivity index (χ4v) is 1.64. The van der Waals surface area contributed by atoms with E-state index in [-0.39, 0.29) is 12.8 Å². The Bertz CT molecular complexity index is 449. The van der Waals surface area contributed by atoms with Gasteiger partial charge in [0.15, 0.2) is 0 Å². The molecule has 0 unspecified atom stereocenters. The van der Waals surface area contributed by atoms with E-state index in [2.05, 4.69) is 11.4 Å². The average Bonchev–Trinajstić information content (AvgIpc) is 2.33. The van der Waals surface area contributed by atoms with Crippen molar-refractivity contribution in [1.29, 1.82) is 0 Å². The van der Waals surface area contributed by atoms with Crippen LogP contribution in [0.2, 0.25) is 0 Å². The van der Waals surface area contributed by atoms with Gasteiger partial charge in [-0.1, -0.05) is 17.2 Å². The Labute approximate surface area is 125 Å². The number of rotatable bonds is 9. The summed E-state index contributed by atoms with van der Waals surface area (Å²) >= 11 is 0. The highest BCUT2D eigenvalue weighted by Gasteiger charge is 2.19. The number of nitrogens with two attached hydrogens (primary N) is 1. The maximum Gasteiger partial charge on any atom is 0.326 e. The molecule has 0 aliphatic carbocycles. The second kappa shape index (κ2) is 9.74. The lowest BCUT2D eigenvalue weighted by atomic mass is 10.1. The van der Waals surface area contributed by atoms with E-state index < -0.39 is 23.8 Å². The summed E-state index contributed by atoms with van der Waals surface area (Å²) in [5.74, 6) is -2.24. The lowest BCUT2D eigenvalue weighted by Gasteiger charge is -2.12. The number of aliphatic carboxylic acids is 1. The summed E-state index contributed by atoms with van der Waals surface area (Å²) < 4.78 is 0. The van der Waals surface area contributed by atoms with Crippen molar-refractivity contribution in [3.05, 3.63) is 23.3 Å². The normalized spacial score (nSPS) is 12.4. The third kappa shape index (κ3) is 10.4. The first-order valence-electron chi connectivity index (χ1n) is 6.84. The first-order chi connectivity index (χ1) is 9.72. The van der Waals surface area contributed by atoms with E-state index in [1.54, 1.807) is 0 Å². The van der Waals surface area contributed by atoms with Gasteiger partial charge in [0.25, 0.3) is 0 Å². The van der Waals surface area contributed by atoms with Crippen LogP contribution in [-0.4, -0.2) is 28.9 Å². The van der Waals surface area contributed by atoms with Crippen LogP contribution in [0.25, 0.3) is 0 Å². The molecule has 6 heteroatoms. The van der Waals surface area contributed by atoms with Gasteiger partial charge in [0.05, 0.1) is 0 Å². The fourth-order valence-electron chi connectivity index (χ4n) is 1.64. The molecule has 0 heterocycles. The summed E-state index contributed by atoms with van der Waals surface area (Å²) in [5, 5.41) is 11.3. The summed E-state index contributed by atoms with van der Waals surface area (Å²) in [6, 6.07) is -1.10. The van der Waals surface area contributed by atoms with Crippen LogP contribution in [0, 0.1) is 0 Å². The van der Waals surface area contributed by atoms with E-state index in [9.17, 15) is 14.4 Å². The van der Waals surface area contributed by atoms with Crippen LogP contribution < -0.4 is 11.1 Å². The molecule has 4 N–H and O–H groups in total. The van der Waals surface area contributed by atoms with E-state index in [1.165, 1.54) is 11.6 Å². The number of carboxylic acids is 1. The van der Waals surface area contributed by atoms with Gasteiger partial charge in [0.2, 0.25) is 11.8 Å². The Balaban J connectivity index is 4.44. The first kappa shape index (κ1) is 18.9. The van der Waals surface area contributed by atoms with E-state index in [0.717, 1.165) is 18.4 Å². The molecule has 0 aromatic heterocycles. The van der Waals surface area contributed by atoms with E-state index in [1.807, 2.05) is 20.8 Å². The summed E-state index contributed by atoms with van der Waals surface area (Å²) in [6.07, 6.45) is 4.93. The minimum atomic E-state index is -1.18. The molecule has 0 rings (SSSR count).